The number of hydrogen-bond donors (Lipinski definition) is 0. The Hall–Kier alpha value is -2.66. The number of carbonyl (C=O) groups excluding carboxylic acids is 1. The van der Waals surface area contributed by atoms with Crippen molar-refractivity contribution in [1.29, 1.82) is 0 Å². The summed E-state index contributed by atoms with van der Waals surface area (Å²) in [4.78, 5) is 26.5. The molecule has 0 spiro atoms. The Morgan fingerprint density at radius 1 is 1.18 bits per heavy atom. The summed E-state index contributed by atoms with van der Waals surface area (Å²) in [6.07, 6.45) is 4.86. The van der Waals surface area contributed by atoms with E-state index in [1.165, 1.54) is 12.1 Å². The molecule has 4 rings (SSSR count). The van der Waals surface area contributed by atoms with Gasteiger partial charge in [-0.1, -0.05) is 31.5 Å². The summed E-state index contributed by atoms with van der Waals surface area (Å²) < 4.78 is 13.4. The number of carbonyl (C=O) groups is 1. The molecule has 1 aliphatic rings. The fraction of sp³-hybridized carbons (Fsp3) is 0.273. The summed E-state index contributed by atoms with van der Waals surface area (Å²) in [6.45, 7) is 4.13. The second-order valence-corrected chi connectivity index (χ2v) is 8.32. The number of ketones is 1. The molecule has 0 atom stereocenters. The van der Waals surface area contributed by atoms with Crippen LogP contribution in [0.25, 0.3) is 11.4 Å². The lowest BCUT2D eigenvalue weighted by molar-refractivity contribution is 0.0908. The van der Waals surface area contributed by atoms with Gasteiger partial charge in [-0.05, 0) is 41.7 Å². The third kappa shape index (κ3) is 3.67. The van der Waals surface area contributed by atoms with Gasteiger partial charge in [0.05, 0.1) is 17.0 Å². The highest BCUT2D eigenvalue weighted by atomic mass is 35.5. The van der Waals surface area contributed by atoms with E-state index in [0.29, 0.717) is 41.4 Å². The monoisotopic (exact) mass is 395 g/mol. The van der Waals surface area contributed by atoms with Crippen LogP contribution in [0.5, 0.6) is 0 Å². The van der Waals surface area contributed by atoms with Crippen molar-refractivity contribution in [3.8, 4) is 11.4 Å². The zero-order valence-electron chi connectivity index (χ0n) is 15.7. The first-order chi connectivity index (χ1) is 13.3. The van der Waals surface area contributed by atoms with E-state index in [1.54, 1.807) is 18.5 Å². The van der Waals surface area contributed by atoms with Crippen LogP contribution in [-0.2, 0) is 12.8 Å². The van der Waals surface area contributed by atoms with E-state index < -0.39 is 5.82 Å². The summed E-state index contributed by atoms with van der Waals surface area (Å²) >= 11 is 6.22. The predicted molar refractivity (Wildman–Crippen MR) is 106 cm³/mol. The van der Waals surface area contributed by atoms with Crippen LogP contribution < -0.4 is 0 Å². The van der Waals surface area contributed by atoms with Crippen LogP contribution in [0.4, 0.5) is 4.39 Å². The molecule has 0 saturated carbocycles. The fourth-order valence-corrected chi connectivity index (χ4v) is 3.88. The highest BCUT2D eigenvalue weighted by Gasteiger charge is 2.34. The molecule has 0 radical (unpaired) electrons. The van der Waals surface area contributed by atoms with Crippen molar-refractivity contribution in [2.45, 2.75) is 33.1 Å². The van der Waals surface area contributed by atoms with Crippen LogP contribution in [0.3, 0.4) is 0 Å². The van der Waals surface area contributed by atoms with Gasteiger partial charge >= 0.3 is 0 Å². The quantitative estimate of drug-likeness (QED) is 0.620. The zero-order chi connectivity index (χ0) is 19.9. The summed E-state index contributed by atoms with van der Waals surface area (Å²) in [5.74, 6) is 0.176. The van der Waals surface area contributed by atoms with Gasteiger partial charge in [0.25, 0.3) is 0 Å². The lowest BCUT2D eigenvalue weighted by atomic mass is 9.75. The number of Topliss-reactive ketones (excluding diaryl/α,β-unsaturated/α-hetero) is 1. The largest absolute Gasteiger partial charge is 0.294 e. The Bertz CT molecular complexity index is 1070. The lowest BCUT2D eigenvalue weighted by Gasteiger charge is -2.30. The molecule has 1 aliphatic carbocycles. The van der Waals surface area contributed by atoms with Crippen LogP contribution in [0, 0.1) is 11.2 Å². The first kappa shape index (κ1) is 18.7. The number of rotatable bonds is 3. The molecule has 0 amide bonds. The SMILES string of the molecule is CC1(C)CC(=O)c2c(Cc3ccc(F)cc3Cl)nc(-c3cccnc3)nc2C1. The maximum atomic E-state index is 13.4. The van der Waals surface area contributed by atoms with Crippen molar-refractivity contribution in [1.82, 2.24) is 15.0 Å². The summed E-state index contributed by atoms with van der Waals surface area (Å²) in [5.41, 5.74) is 3.30. The number of halogens is 2. The van der Waals surface area contributed by atoms with E-state index in [4.69, 9.17) is 16.6 Å². The van der Waals surface area contributed by atoms with Crippen LogP contribution in [0.15, 0.2) is 42.7 Å². The van der Waals surface area contributed by atoms with Gasteiger partial charge in [0.15, 0.2) is 11.6 Å². The molecule has 4 nitrogen and oxygen atoms in total. The molecule has 3 aromatic rings. The molecule has 0 fully saturated rings. The number of aromatic nitrogens is 3. The summed E-state index contributed by atoms with van der Waals surface area (Å²) in [6, 6.07) is 7.98. The van der Waals surface area contributed by atoms with Gasteiger partial charge in [-0.3, -0.25) is 9.78 Å². The molecule has 0 N–H and O–H groups in total. The molecule has 2 heterocycles. The van der Waals surface area contributed by atoms with E-state index in [0.717, 1.165) is 16.8 Å². The minimum absolute atomic E-state index is 0.0391. The summed E-state index contributed by atoms with van der Waals surface area (Å²) in [5, 5.41) is 0.318. The van der Waals surface area contributed by atoms with Gasteiger partial charge in [0.1, 0.15) is 5.82 Å². The minimum Gasteiger partial charge on any atom is -0.294 e. The standard InChI is InChI=1S/C22H19ClFN3O/c1-22(2)10-18-20(19(28)11-22)17(8-13-5-6-15(24)9-16(13)23)26-21(27-18)14-4-3-7-25-12-14/h3-7,9,12H,8,10-11H2,1-2H3. The fourth-order valence-electron chi connectivity index (χ4n) is 3.65. The average molecular weight is 396 g/mol. The lowest BCUT2D eigenvalue weighted by Crippen LogP contribution is -2.30. The first-order valence-corrected chi connectivity index (χ1v) is 9.47. The molecule has 1 aromatic carbocycles. The van der Waals surface area contributed by atoms with Crippen LogP contribution in [-0.4, -0.2) is 20.7 Å². The second kappa shape index (κ2) is 7.06. The third-order valence-electron chi connectivity index (χ3n) is 4.92. The maximum Gasteiger partial charge on any atom is 0.167 e. The van der Waals surface area contributed by atoms with E-state index in [2.05, 4.69) is 23.8 Å². The molecular weight excluding hydrogens is 377 g/mol. The molecule has 142 valence electrons. The number of hydrogen-bond acceptors (Lipinski definition) is 4. The van der Waals surface area contributed by atoms with E-state index in [-0.39, 0.29) is 11.2 Å². The van der Waals surface area contributed by atoms with E-state index >= 15 is 0 Å². The van der Waals surface area contributed by atoms with Gasteiger partial charge in [0, 0.05) is 35.8 Å². The molecule has 0 saturated heterocycles. The van der Waals surface area contributed by atoms with Crippen molar-refractivity contribution in [2.75, 3.05) is 0 Å². The molecule has 2 aromatic heterocycles. The second-order valence-electron chi connectivity index (χ2n) is 7.91. The van der Waals surface area contributed by atoms with E-state index in [1.807, 2.05) is 12.1 Å². The smallest absolute Gasteiger partial charge is 0.167 e. The van der Waals surface area contributed by atoms with Crippen molar-refractivity contribution < 1.29 is 9.18 Å². The van der Waals surface area contributed by atoms with Crippen LogP contribution >= 0.6 is 11.6 Å². The highest BCUT2D eigenvalue weighted by Crippen LogP contribution is 2.36. The van der Waals surface area contributed by atoms with Crippen LogP contribution in [0.2, 0.25) is 5.02 Å². The third-order valence-corrected chi connectivity index (χ3v) is 5.27. The van der Waals surface area contributed by atoms with Gasteiger partial charge in [0.2, 0.25) is 0 Å². The van der Waals surface area contributed by atoms with Crippen molar-refractivity contribution in [3.05, 3.63) is 76.1 Å². The van der Waals surface area contributed by atoms with Gasteiger partial charge < -0.3 is 0 Å². The maximum absolute atomic E-state index is 13.4. The van der Waals surface area contributed by atoms with Gasteiger partial charge in [-0.25, -0.2) is 14.4 Å². The van der Waals surface area contributed by atoms with Crippen molar-refractivity contribution >= 4 is 17.4 Å². The first-order valence-electron chi connectivity index (χ1n) is 9.10. The summed E-state index contributed by atoms with van der Waals surface area (Å²) in [7, 11) is 0. The Morgan fingerprint density at radius 3 is 2.71 bits per heavy atom. The molecule has 0 bridgehead atoms. The topological polar surface area (TPSA) is 55.7 Å². The molecule has 0 aliphatic heterocycles. The Kier molecular flexibility index (Phi) is 4.71. The number of fused-ring (bicyclic) bond motifs is 1. The Morgan fingerprint density at radius 2 is 2.00 bits per heavy atom. The van der Waals surface area contributed by atoms with Gasteiger partial charge in [-0.15, -0.1) is 0 Å². The Labute approximate surface area is 167 Å². The normalized spacial score (nSPS) is 15.4. The van der Waals surface area contributed by atoms with E-state index in [9.17, 15) is 9.18 Å². The molecule has 28 heavy (non-hydrogen) atoms. The Balaban J connectivity index is 1.87. The number of nitrogens with zero attached hydrogens (tertiary/aromatic N) is 3. The van der Waals surface area contributed by atoms with Crippen molar-refractivity contribution in [3.63, 3.8) is 0 Å². The zero-order valence-corrected chi connectivity index (χ0v) is 16.4. The molecular formula is C22H19ClFN3O. The van der Waals surface area contributed by atoms with Gasteiger partial charge in [-0.2, -0.15) is 0 Å². The highest BCUT2D eigenvalue weighted by molar-refractivity contribution is 6.31. The number of benzene rings is 1. The minimum atomic E-state index is -0.396. The van der Waals surface area contributed by atoms with Crippen LogP contribution in [0.1, 0.15) is 47.6 Å². The van der Waals surface area contributed by atoms with Crippen molar-refractivity contribution in [2.24, 2.45) is 5.41 Å². The molecule has 6 heteroatoms. The predicted octanol–water partition coefficient (Wildman–Crippen LogP) is 5.08. The number of pyridine rings is 1. The molecule has 0 unspecified atom stereocenters. The average Bonchev–Trinajstić information content (AvgIpc) is 2.63.